The summed E-state index contributed by atoms with van der Waals surface area (Å²) in [6, 6.07) is 21.1. The minimum absolute atomic E-state index is 0.0129. The molecular weight excluding hydrogens is 650 g/mol. The lowest BCUT2D eigenvalue weighted by molar-refractivity contribution is -0.767. The van der Waals surface area contributed by atoms with Crippen LogP contribution in [0.5, 0.6) is 6.01 Å². The van der Waals surface area contributed by atoms with Crippen LogP contribution in [0.25, 0.3) is 33.5 Å². The van der Waals surface area contributed by atoms with E-state index in [0.29, 0.717) is 55.3 Å². The van der Waals surface area contributed by atoms with E-state index in [2.05, 4.69) is 30.4 Å². The smallest absolute Gasteiger partial charge is 0.465 e. The topological polar surface area (TPSA) is 196 Å². The molecule has 1 atom stereocenters. The summed E-state index contributed by atoms with van der Waals surface area (Å²) in [7, 11) is 0. The summed E-state index contributed by atoms with van der Waals surface area (Å²) in [5.74, 6) is -1.93. The Morgan fingerprint density at radius 1 is 1.00 bits per heavy atom. The third kappa shape index (κ3) is 8.89. The first kappa shape index (κ1) is 35.3. The van der Waals surface area contributed by atoms with Crippen LogP contribution < -0.4 is 4.74 Å². The third-order valence-corrected chi connectivity index (χ3v) is 7.50. The molecule has 1 N–H and O–H groups in total. The van der Waals surface area contributed by atoms with Crippen molar-refractivity contribution in [2.45, 2.75) is 65.4 Å². The number of unbranched alkanes of at least 4 members (excludes halogenated alkanes) is 1. The normalized spacial score (nSPS) is 11.9. The van der Waals surface area contributed by atoms with E-state index < -0.39 is 29.1 Å². The van der Waals surface area contributed by atoms with Gasteiger partial charge in [-0.2, -0.15) is 10.2 Å². The van der Waals surface area contributed by atoms with Crippen molar-refractivity contribution >= 4 is 23.2 Å². The molecule has 16 nitrogen and oxygen atoms in total. The van der Waals surface area contributed by atoms with Gasteiger partial charge in [-0.25, -0.2) is 9.59 Å². The fraction of sp³-hybridized carbons (Fsp3) is 0.353. The van der Waals surface area contributed by atoms with Crippen LogP contribution in [0.1, 0.15) is 62.9 Å². The second-order valence-corrected chi connectivity index (χ2v) is 11.7. The molecule has 0 fully saturated rings. The highest BCUT2D eigenvalue weighted by atomic mass is 17.0. The van der Waals surface area contributed by atoms with E-state index >= 15 is 0 Å². The van der Waals surface area contributed by atoms with Gasteiger partial charge in [-0.3, -0.25) is 4.57 Å². The van der Waals surface area contributed by atoms with E-state index in [9.17, 15) is 19.7 Å². The number of hydrogen-bond acceptors (Lipinski definition) is 13. The van der Waals surface area contributed by atoms with E-state index in [1.807, 2.05) is 55.5 Å². The second-order valence-electron chi connectivity index (χ2n) is 11.7. The van der Waals surface area contributed by atoms with Crippen molar-refractivity contribution in [1.29, 1.82) is 0 Å². The number of rotatable bonds is 16. The fourth-order valence-electron chi connectivity index (χ4n) is 5.31. The largest absolute Gasteiger partial charge is 0.511 e. The molecule has 0 saturated heterocycles. The molecule has 0 radical (unpaired) electrons. The number of H-pyrrole nitrogens is 1. The molecule has 0 saturated carbocycles. The Kier molecular flexibility index (Phi) is 11.2. The molecule has 2 aromatic heterocycles. The summed E-state index contributed by atoms with van der Waals surface area (Å²) >= 11 is 0. The summed E-state index contributed by atoms with van der Waals surface area (Å²) < 4.78 is 23.7. The molecule has 16 heteroatoms. The van der Waals surface area contributed by atoms with Gasteiger partial charge in [0.25, 0.3) is 16.9 Å². The summed E-state index contributed by atoms with van der Waals surface area (Å²) in [5, 5.41) is 24.0. The van der Waals surface area contributed by atoms with Crippen LogP contribution in [0.15, 0.2) is 66.7 Å². The molecule has 0 unspecified atom stereocenters. The molecule has 0 aliphatic heterocycles. The SMILES string of the molecule is CCOc1nc2cccc(C(=O)OC(C)(C)OC(=O)OCCCC[C@H](C)O[N+](=O)[O-])c2n1Cc1ccc(-c2ccccc2-c2nn[nH]n2)cc1. The number of para-hydroxylation sites is 1. The Balaban J connectivity index is 1.29. The molecule has 262 valence electrons. The predicted molar refractivity (Wildman–Crippen MR) is 178 cm³/mol. The molecule has 0 aliphatic rings. The Labute approximate surface area is 286 Å². The first-order chi connectivity index (χ1) is 24.0. The van der Waals surface area contributed by atoms with Crippen molar-refractivity contribution in [2.24, 2.45) is 0 Å². The number of aromatic amines is 1. The van der Waals surface area contributed by atoms with Crippen LogP contribution in [0.4, 0.5) is 4.79 Å². The molecule has 3 aromatic carbocycles. The zero-order chi connectivity index (χ0) is 35.7. The maximum Gasteiger partial charge on any atom is 0.511 e. The van der Waals surface area contributed by atoms with E-state index in [1.54, 1.807) is 29.7 Å². The van der Waals surface area contributed by atoms with Gasteiger partial charge in [-0.1, -0.05) is 54.6 Å². The van der Waals surface area contributed by atoms with Crippen molar-refractivity contribution in [2.75, 3.05) is 13.2 Å². The molecule has 0 bridgehead atoms. The Morgan fingerprint density at radius 2 is 1.76 bits per heavy atom. The second kappa shape index (κ2) is 15.9. The number of tetrazole rings is 1. The number of carbonyl (C=O) groups excluding carboxylic acids is 2. The van der Waals surface area contributed by atoms with E-state index in [0.717, 1.165) is 22.3 Å². The number of hydrogen-bond donors (Lipinski definition) is 1. The standard InChI is InChI=1S/C34H37N7O9/c1-5-46-32-35-28-15-10-14-27(31(42)48-34(3,4)49-33(43)47-20-9-8-11-22(2)50-41(44)45)29(28)40(32)21-23-16-18-24(19-17-23)25-12-6-7-13-26(25)30-36-38-39-37-30/h6-7,10,12-19,22H,5,8-9,11,20-21H2,1-4H3,(H,36,37,38,39)/t22-/m0/s1. The summed E-state index contributed by atoms with van der Waals surface area (Å²) in [5.41, 5.74) is 4.85. The van der Waals surface area contributed by atoms with Gasteiger partial charge < -0.3 is 23.8 Å². The number of aromatic nitrogens is 6. The van der Waals surface area contributed by atoms with Crippen molar-refractivity contribution in [3.05, 3.63) is 88.0 Å². The lowest BCUT2D eigenvalue weighted by Gasteiger charge is -2.24. The number of carbonyl (C=O) groups is 2. The van der Waals surface area contributed by atoms with Crippen LogP contribution in [0.2, 0.25) is 0 Å². The van der Waals surface area contributed by atoms with Gasteiger partial charge in [0.15, 0.2) is 0 Å². The van der Waals surface area contributed by atoms with E-state index in [1.165, 1.54) is 13.8 Å². The third-order valence-electron chi connectivity index (χ3n) is 7.50. The number of esters is 1. The maximum absolute atomic E-state index is 13.6. The Bertz CT molecular complexity index is 1930. The van der Waals surface area contributed by atoms with Gasteiger partial charge in [-0.05, 0) is 67.1 Å². The first-order valence-electron chi connectivity index (χ1n) is 16.0. The molecule has 0 aliphatic carbocycles. The van der Waals surface area contributed by atoms with Crippen molar-refractivity contribution in [1.82, 2.24) is 30.2 Å². The average Bonchev–Trinajstić information content (AvgIpc) is 3.73. The van der Waals surface area contributed by atoms with Gasteiger partial charge in [-0.15, -0.1) is 20.3 Å². The quantitative estimate of drug-likeness (QED) is 0.0408. The van der Waals surface area contributed by atoms with Gasteiger partial charge in [0, 0.05) is 19.4 Å². The van der Waals surface area contributed by atoms with Crippen LogP contribution in [-0.2, 0) is 25.6 Å². The Morgan fingerprint density at radius 3 is 2.46 bits per heavy atom. The summed E-state index contributed by atoms with van der Waals surface area (Å²) in [6.07, 6.45) is -0.216. The molecule has 50 heavy (non-hydrogen) atoms. The van der Waals surface area contributed by atoms with Gasteiger partial charge >= 0.3 is 12.1 Å². The molecule has 5 rings (SSSR count). The highest BCUT2D eigenvalue weighted by Gasteiger charge is 2.31. The monoisotopic (exact) mass is 687 g/mol. The molecule has 2 heterocycles. The number of fused-ring (bicyclic) bond motifs is 1. The minimum Gasteiger partial charge on any atom is -0.465 e. The minimum atomic E-state index is -1.67. The summed E-state index contributed by atoms with van der Waals surface area (Å²) in [6.45, 7) is 6.96. The maximum atomic E-state index is 13.6. The average molecular weight is 688 g/mol. The number of ether oxygens (including phenoxy) is 4. The lowest BCUT2D eigenvalue weighted by Crippen LogP contribution is -2.34. The highest BCUT2D eigenvalue weighted by Crippen LogP contribution is 2.31. The van der Waals surface area contributed by atoms with Gasteiger partial charge in [0.1, 0.15) is 6.10 Å². The van der Waals surface area contributed by atoms with Gasteiger partial charge in [0.2, 0.25) is 5.82 Å². The molecule has 0 amide bonds. The number of imidazole rings is 1. The highest BCUT2D eigenvalue weighted by molar-refractivity contribution is 6.02. The van der Waals surface area contributed by atoms with Crippen LogP contribution in [-0.4, -0.2) is 72.5 Å². The lowest BCUT2D eigenvalue weighted by atomic mass is 9.98. The first-order valence-corrected chi connectivity index (χ1v) is 16.0. The number of nitrogens with zero attached hydrogens (tertiary/aromatic N) is 6. The van der Waals surface area contributed by atoms with Crippen LogP contribution in [0, 0.1) is 10.1 Å². The molecule has 0 spiro atoms. The molecule has 5 aromatic rings. The van der Waals surface area contributed by atoms with Crippen LogP contribution in [0.3, 0.4) is 0 Å². The predicted octanol–water partition coefficient (Wildman–Crippen LogP) is 6.14. The van der Waals surface area contributed by atoms with Gasteiger partial charge in [0.05, 0.1) is 36.4 Å². The van der Waals surface area contributed by atoms with E-state index in [-0.39, 0.29) is 12.2 Å². The van der Waals surface area contributed by atoms with Crippen molar-refractivity contribution in [3.8, 4) is 28.5 Å². The Hall–Kier alpha value is -6.06. The van der Waals surface area contributed by atoms with Crippen molar-refractivity contribution < 1.29 is 38.5 Å². The zero-order valence-electron chi connectivity index (χ0n) is 28.0. The van der Waals surface area contributed by atoms with Crippen LogP contribution >= 0.6 is 0 Å². The fourth-order valence-corrected chi connectivity index (χ4v) is 5.31. The zero-order valence-corrected chi connectivity index (χ0v) is 28.0. The number of benzene rings is 3. The van der Waals surface area contributed by atoms with E-state index in [4.69, 9.17) is 18.9 Å². The van der Waals surface area contributed by atoms with Crippen molar-refractivity contribution in [3.63, 3.8) is 0 Å². The number of nitrogens with one attached hydrogen (secondary N) is 1. The molecular formula is C34H37N7O9. The summed E-state index contributed by atoms with van der Waals surface area (Å²) in [4.78, 5) is 45.4.